The topological polar surface area (TPSA) is 23.2 Å². The van der Waals surface area contributed by atoms with Crippen molar-refractivity contribution in [1.82, 2.24) is 4.90 Å². The molecule has 0 bridgehead atoms. The van der Waals surface area contributed by atoms with Crippen molar-refractivity contribution >= 4 is 0 Å². The van der Waals surface area contributed by atoms with Crippen molar-refractivity contribution in [3.8, 4) is 0 Å². The summed E-state index contributed by atoms with van der Waals surface area (Å²) in [5.41, 5.74) is 0.418. The number of aliphatic hydroxyl groups is 1. The van der Waals surface area contributed by atoms with Crippen LogP contribution in [0.3, 0.4) is 0 Å². The van der Waals surface area contributed by atoms with Crippen LogP contribution in [0.1, 0.15) is 78.1 Å². The molecule has 5 fully saturated rings. The van der Waals surface area contributed by atoms with Gasteiger partial charge in [-0.1, -0.05) is 26.7 Å². The monoisotopic (exact) mass is 331 g/mol. The predicted octanol–water partition coefficient (Wildman–Crippen LogP) is 4.47. The van der Waals surface area contributed by atoms with Crippen LogP contribution in [0.15, 0.2) is 0 Å². The molecule has 1 heterocycles. The third kappa shape index (κ3) is 2.08. The molecule has 0 aromatic rings. The van der Waals surface area contributed by atoms with Gasteiger partial charge < -0.3 is 5.11 Å². The summed E-state index contributed by atoms with van der Waals surface area (Å²) in [5.74, 6) is 3.67. The third-order valence-corrected chi connectivity index (χ3v) is 9.93. The average molecular weight is 332 g/mol. The first-order valence-corrected chi connectivity index (χ1v) is 10.9. The molecule has 5 rings (SSSR count). The van der Waals surface area contributed by atoms with Crippen LogP contribution in [-0.2, 0) is 0 Å². The minimum Gasteiger partial charge on any atom is -0.388 e. The van der Waals surface area contributed by atoms with Crippen molar-refractivity contribution in [2.24, 2.45) is 34.5 Å². The SMILES string of the molecule is C[C@]12CCCC[C@@H]1CC[C@@H]1[C@@H]2CC[C@@]2(C)[C@H]1CC[C@@]2(O)CN1CC1. The first-order chi connectivity index (χ1) is 11.5. The first kappa shape index (κ1) is 16.1. The summed E-state index contributed by atoms with van der Waals surface area (Å²) >= 11 is 0. The van der Waals surface area contributed by atoms with Crippen LogP contribution in [0.4, 0.5) is 0 Å². The van der Waals surface area contributed by atoms with Gasteiger partial charge in [0.05, 0.1) is 5.60 Å². The molecule has 1 saturated heterocycles. The van der Waals surface area contributed by atoms with E-state index in [1.165, 1.54) is 70.9 Å². The number of rotatable bonds is 2. The smallest absolute Gasteiger partial charge is 0.0830 e. The van der Waals surface area contributed by atoms with Crippen LogP contribution in [0.25, 0.3) is 0 Å². The van der Waals surface area contributed by atoms with Crippen molar-refractivity contribution in [1.29, 1.82) is 0 Å². The fourth-order valence-corrected chi connectivity index (χ4v) is 8.26. The number of fused-ring (bicyclic) bond motifs is 5. The fraction of sp³-hybridized carbons (Fsp3) is 1.00. The van der Waals surface area contributed by atoms with Gasteiger partial charge in [-0.15, -0.1) is 0 Å². The van der Waals surface area contributed by atoms with Gasteiger partial charge in [0.15, 0.2) is 0 Å². The van der Waals surface area contributed by atoms with Crippen molar-refractivity contribution in [2.45, 2.75) is 83.7 Å². The van der Waals surface area contributed by atoms with Crippen LogP contribution < -0.4 is 0 Å². The lowest BCUT2D eigenvalue weighted by Gasteiger charge is -2.61. The minimum absolute atomic E-state index is 0.189. The van der Waals surface area contributed by atoms with Gasteiger partial charge in [-0.05, 0) is 80.5 Å². The maximum Gasteiger partial charge on any atom is 0.0830 e. The maximum absolute atomic E-state index is 11.6. The molecule has 0 aromatic heterocycles. The van der Waals surface area contributed by atoms with E-state index in [0.29, 0.717) is 5.41 Å². The second-order valence-corrected chi connectivity index (χ2v) is 10.7. The van der Waals surface area contributed by atoms with E-state index in [1.54, 1.807) is 0 Å². The average Bonchev–Trinajstić information content (AvgIpc) is 3.32. The Balaban J connectivity index is 1.43. The molecule has 0 amide bonds. The molecule has 7 atom stereocenters. The Bertz CT molecular complexity index is 516. The molecule has 0 unspecified atom stereocenters. The van der Waals surface area contributed by atoms with Gasteiger partial charge >= 0.3 is 0 Å². The van der Waals surface area contributed by atoms with E-state index in [9.17, 15) is 5.11 Å². The quantitative estimate of drug-likeness (QED) is 0.755. The molecular weight excluding hydrogens is 294 g/mol. The molecule has 1 aliphatic heterocycles. The van der Waals surface area contributed by atoms with Crippen LogP contribution in [-0.4, -0.2) is 35.2 Å². The lowest BCUT2D eigenvalue weighted by Crippen LogP contribution is -2.57. The van der Waals surface area contributed by atoms with E-state index in [4.69, 9.17) is 0 Å². The van der Waals surface area contributed by atoms with Gasteiger partial charge in [-0.25, -0.2) is 0 Å². The molecule has 4 saturated carbocycles. The van der Waals surface area contributed by atoms with E-state index in [2.05, 4.69) is 18.7 Å². The molecule has 2 nitrogen and oxygen atoms in total. The van der Waals surface area contributed by atoms with E-state index in [0.717, 1.165) is 36.6 Å². The van der Waals surface area contributed by atoms with Crippen LogP contribution >= 0.6 is 0 Å². The van der Waals surface area contributed by atoms with Gasteiger partial charge in [0.2, 0.25) is 0 Å². The van der Waals surface area contributed by atoms with E-state index in [-0.39, 0.29) is 5.41 Å². The highest BCUT2D eigenvalue weighted by molar-refractivity contribution is 5.15. The standard InChI is InChI=1S/C22H37NO/c1-20-10-4-3-5-16(20)6-7-17-18(20)8-11-21(2)19(17)9-12-22(21,24)15-23-13-14-23/h16-19,24H,3-15H2,1-2H3/t16-,17-,18+,19+,20+,21+,22-/m1/s1. The van der Waals surface area contributed by atoms with Gasteiger partial charge in [0.1, 0.15) is 0 Å². The minimum atomic E-state index is -0.399. The largest absolute Gasteiger partial charge is 0.388 e. The summed E-state index contributed by atoms with van der Waals surface area (Å²) in [6.45, 7) is 8.52. The van der Waals surface area contributed by atoms with Crippen LogP contribution in [0.5, 0.6) is 0 Å². The second-order valence-electron chi connectivity index (χ2n) is 10.7. The Morgan fingerprint density at radius 1 is 0.875 bits per heavy atom. The lowest BCUT2D eigenvalue weighted by molar-refractivity contribution is -0.153. The van der Waals surface area contributed by atoms with E-state index < -0.39 is 5.60 Å². The Kier molecular flexibility index (Phi) is 3.51. The van der Waals surface area contributed by atoms with Gasteiger partial charge in [-0.3, -0.25) is 4.90 Å². The predicted molar refractivity (Wildman–Crippen MR) is 97.7 cm³/mol. The first-order valence-electron chi connectivity index (χ1n) is 10.9. The Labute approximate surface area is 148 Å². The molecular formula is C22H37NO. The van der Waals surface area contributed by atoms with Crippen molar-refractivity contribution in [3.05, 3.63) is 0 Å². The molecule has 24 heavy (non-hydrogen) atoms. The second kappa shape index (κ2) is 5.22. The van der Waals surface area contributed by atoms with Crippen molar-refractivity contribution in [2.75, 3.05) is 19.6 Å². The Morgan fingerprint density at radius 2 is 1.67 bits per heavy atom. The Morgan fingerprint density at radius 3 is 2.46 bits per heavy atom. The Hall–Kier alpha value is -0.0800. The third-order valence-electron chi connectivity index (χ3n) is 9.93. The summed E-state index contributed by atoms with van der Waals surface area (Å²) in [7, 11) is 0. The number of β-amino-alcohol motifs (C(OH)–C–C–N with tert-alkyl or cyclic N) is 1. The maximum atomic E-state index is 11.6. The number of nitrogens with zero attached hydrogens (tertiary/aromatic N) is 1. The van der Waals surface area contributed by atoms with E-state index >= 15 is 0 Å². The highest BCUT2D eigenvalue weighted by atomic mass is 16.3. The van der Waals surface area contributed by atoms with Gasteiger partial charge in [0, 0.05) is 25.0 Å². The highest BCUT2D eigenvalue weighted by Gasteiger charge is 2.64. The van der Waals surface area contributed by atoms with Crippen LogP contribution in [0.2, 0.25) is 0 Å². The molecule has 0 spiro atoms. The molecule has 136 valence electrons. The van der Waals surface area contributed by atoms with Crippen molar-refractivity contribution < 1.29 is 5.11 Å². The summed E-state index contributed by atoms with van der Waals surface area (Å²) in [6.07, 6.45) is 13.9. The van der Waals surface area contributed by atoms with Crippen LogP contribution in [0, 0.1) is 34.5 Å². The van der Waals surface area contributed by atoms with E-state index in [1.807, 2.05) is 0 Å². The molecule has 4 aliphatic carbocycles. The number of hydrogen-bond acceptors (Lipinski definition) is 2. The molecule has 0 radical (unpaired) electrons. The molecule has 0 aromatic carbocycles. The molecule has 1 N–H and O–H groups in total. The summed E-state index contributed by atoms with van der Waals surface area (Å²) in [5, 5.41) is 11.6. The van der Waals surface area contributed by atoms with Gasteiger partial charge in [-0.2, -0.15) is 0 Å². The fourth-order valence-electron chi connectivity index (χ4n) is 8.26. The number of hydrogen-bond donors (Lipinski definition) is 1. The van der Waals surface area contributed by atoms with Gasteiger partial charge in [0.25, 0.3) is 0 Å². The normalized spacial score (nSPS) is 57.1. The summed E-state index contributed by atoms with van der Waals surface area (Å²) in [4.78, 5) is 2.46. The zero-order valence-corrected chi connectivity index (χ0v) is 15.9. The molecule has 5 aliphatic rings. The zero-order valence-electron chi connectivity index (χ0n) is 15.9. The summed E-state index contributed by atoms with van der Waals surface area (Å²) < 4.78 is 0. The highest BCUT2D eigenvalue weighted by Crippen LogP contribution is 2.68. The van der Waals surface area contributed by atoms with Crippen molar-refractivity contribution in [3.63, 3.8) is 0 Å². The molecule has 2 heteroatoms. The zero-order chi connectivity index (χ0) is 16.6. The lowest BCUT2D eigenvalue weighted by atomic mass is 9.44. The summed E-state index contributed by atoms with van der Waals surface area (Å²) in [6, 6.07) is 0.